The van der Waals surface area contributed by atoms with Crippen molar-refractivity contribution in [1.29, 1.82) is 5.26 Å². The zero-order chi connectivity index (χ0) is 17.9. The van der Waals surface area contributed by atoms with E-state index in [0.29, 0.717) is 37.2 Å². The minimum atomic E-state index is -0.548. The van der Waals surface area contributed by atoms with Gasteiger partial charge in [-0.25, -0.2) is 9.18 Å². The molecule has 25 heavy (non-hydrogen) atoms. The molecule has 1 aliphatic rings. The zero-order valence-electron chi connectivity index (χ0n) is 14.1. The molecule has 1 aliphatic heterocycles. The highest BCUT2D eigenvalue weighted by Crippen LogP contribution is 2.35. The Balaban J connectivity index is 1.66. The second-order valence-electron chi connectivity index (χ2n) is 6.44. The predicted molar refractivity (Wildman–Crippen MR) is 94.7 cm³/mol. The summed E-state index contributed by atoms with van der Waals surface area (Å²) >= 11 is 0. The summed E-state index contributed by atoms with van der Waals surface area (Å²) in [5.74, 6) is -0.344. The lowest BCUT2D eigenvalue weighted by molar-refractivity contribution is 0.183. The van der Waals surface area contributed by atoms with Crippen LogP contribution in [0.3, 0.4) is 0 Å². The molecule has 1 N–H and O–H groups in total. The molecular weight excluding hydrogens is 317 g/mol. The molecular formula is C20H20FN3O. The fourth-order valence-electron chi connectivity index (χ4n) is 3.19. The third-order valence-electron chi connectivity index (χ3n) is 4.87. The highest BCUT2D eigenvalue weighted by molar-refractivity contribution is 5.89. The van der Waals surface area contributed by atoms with E-state index in [-0.39, 0.29) is 11.8 Å². The molecule has 2 aromatic carbocycles. The maximum absolute atomic E-state index is 13.6. The maximum Gasteiger partial charge on any atom is 0.321 e. The van der Waals surface area contributed by atoms with Crippen molar-refractivity contribution in [2.24, 2.45) is 0 Å². The van der Waals surface area contributed by atoms with Gasteiger partial charge in [0.1, 0.15) is 5.82 Å². The van der Waals surface area contributed by atoms with Crippen LogP contribution >= 0.6 is 0 Å². The number of piperidine rings is 1. The first-order chi connectivity index (χ1) is 12.0. The van der Waals surface area contributed by atoms with Crippen LogP contribution in [0.4, 0.5) is 14.9 Å². The van der Waals surface area contributed by atoms with Gasteiger partial charge in [0, 0.05) is 18.8 Å². The number of rotatable bonds is 2. The fraction of sp³-hybridized carbons (Fsp3) is 0.300. The summed E-state index contributed by atoms with van der Waals surface area (Å²) in [6, 6.07) is 16.5. The zero-order valence-corrected chi connectivity index (χ0v) is 14.1. The fourth-order valence-corrected chi connectivity index (χ4v) is 3.19. The van der Waals surface area contributed by atoms with Gasteiger partial charge in [-0.15, -0.1) is 0 Å². The van der Waals surface area contributed by atoms with E-state index in [1.54, 1.807) is 24.0 Å². The third-order valence-corrected chi connectivity index (χ3v) is 4.87. The smallest absolute Gasteiger partial charge is 0.321 e. The summed E-state index contributed by atoms with van der Waals surface area (Å²) in [7, 11) is 0. The van der Waals surface area contributed by atoms with Crippen molar-refractivity contribution in [1.82, 2.24) is 4.90 Å². The van der Waals surface area contributed by atoms with Crippen molar-refractivity contribution >= 4 is 11.7 Å². The number of likely N-dealkylation sites (tertiary alicyclic amines) is 1. The van der Waals surface area contributed by atoms with Gasteiger partial charge in [0.25, 0.3) is 0 Å². The molecule has 0 atom stereocenters. The highest BCUT2D eigenvalue weighted by Gasteiger charge is 2.37. The normalized spacial score (nSPS) is 16.1. The monoisotopic (exact) mass is 337 g/mol. The van der Waals surface area contributed by atoms with Crippen LogP contribution in [-0.2, 0) is 5.41 Å². The number of carbonyl (C=O) groups is 1. The Kier molecular flexibility index (Phi) is 4.71. The Morgan fingerprint density at radius 2 is 1.88 bits per heavy atom. The van der Waals surface area contributed by atoms with Gasteiger partial charge in [0.2, 0.25) is 0 Å². The summed E-state index contributed by atoms with van der Waals surface area (Å²) in [5.41, 5.74) is 1.43. The topological polar surface area (TPSA) is 56.1 Å². The van der Waals surface area contributed by atoms with E-state index in [9.17, 15) is 14.4 Å². The van der Waals surface area contributed by atoms with Crippen molar-refractivity contribution in [3.63, 3.8) is 0 Å². The standard InChI is InChI=1S/C20H20FN3O/c1-15-7-8-17(13-18(15)21)23-19(25)24-11-9-20(14-22,10-12-24)16-5-3-2-4-6-16/h2-8,13H,9-12H2,1H3,(H,23,25). The number of carbonyl (C=O) groups excluding carboxylic acids is 1. The van der Waals surface area contributed by atoms with Crippen LogP contribution in [0.25, 0.3) is 0 Å². The summed E-state index contributed by atoms with van der Waals surface area (Å²) in [6.07, 6.45) is 1.17. The van der Waals surface area contributed by atoms with E-state index in [4.69, 9.17) is 0 Å². The molecule has 1 saturated heterocycles. The number of anilines is 1. The summed E-state index contributed by atoms with van der Waals surface area (Å²) in [5, 5.41) is 12.4. The second-order valence-corrected chi connectivity index (χ2v) is 6.44. The number of hydrogen-bond donors (Lipinski definition) is 1. The van der Waals surface area contributed by atoms with E-state index in [1.165, 1.54) is 6.07 Å². The first kappa shape index (κ1) is 17.0. The predicted octanol–water partition coefficient (Wildman–Crippen LogP) is 4.22. The van der Waals surface area contributed by atoms with E-state index in [0.717, 1.165) is 5.56 Å². The number of urea groups is 1. The Bertz CT molecular complexity index is 805. The van der Waals surface area contributed by atoms with Gasteiger partial charge >= 0.3 is 6.03 Å². The van der Waals surface area contributed by atoms with Crippen LogP contribution in [0.1, 0.15) is 24.0 Å². The molecule has 0 aliphatic carbocycles. The lowest BCUT2D eigenvalue weighted by Crippen LogP contribution is -2.46. The molecule has 0 spiro atoms. The van der Waals surface area contributed by atoms with Gasteiger partial charge in [0.15, 0.2) is 0 Å². The molecule has 2 amide bonds. The van der Waals surface area contributed by atoms with Crippen LogP contribution in [-0.4, -0.2) is 24.0 Å². The number of hydrogen-bond acceptors (Lipinski definition) is 2. The van der Waals surface area contributed by atoms with Crippen LogP contribution in [0, 0.1) is 24.1 Å². The van der Waals surface area contributed by atoms with Gasteiger partial charge in [-0.1, -0.05) is 36.4 Å². The van der Waals surface area contributed by atoms with Crippen molar-refractivity contribution in [3.05, 3.63) is 65.5 Å². The Morgan fingerprint density at radius 3 is 2.48 bits per heavy atom. The Hall–Kier alpha value is -2.87. The van der Waals surface area contributed by atoms with Gasteiger partial charge in [-0.3, -0.25) is 0 Å². The van der Waals surface area contributed by atoms with Crippen LogP contribution in [0.2, 0.25) is 0 Å². The molecule has 3 rings (SSSR count). The molecule has 128 valence electrons. The van der Waals surface area contributed by atoms with Crippen LogP contribution in [0.15, 0.2) is 48.5 Å². The number of nitriles is 1. The van der Waals surface area contributed by atoms with Crippen LogP contribution < -0.4 is 5.32 Å². The molecule has 2 aromatic rings. The Labute approximate surface area is 146 Å². The summed E-state index contributed by atoms with van der Waals surface area (Å²) < 4.78 is 13.6. The lowest BCUT2D eigenvalue weighted by atomic mass is 9.74. The highest BCUT2D eigenvalue weighted by atomic mass is 19.1. The summed E-state index contributed by atoms with van der Waals surface area (Å²) in [6.45, 7) is 2.65. The molecule has 1 heterocycles. The number of amides is 2. The lowest BCUT2D eigenvalue weighted by Gasteiger charge is -2.37. The molecule has 0 unspecified atom stereocenters. The number of nitrogens with one attached hydrogen (secondary N) is 1. The quantitative estimate of drug-likeness (QED) is 0.892. The first-order valence-electron chi connectivity index (χ1n) is 8.33. The van der Waals surface area contributed by atoms with Crippen molar-refractivity contribution in [2.45, 2.75) is 25.2 Å². The van der Waals surface area contributed by atoms with E-state index >= 15 is 0 Å². The summed E-state index contributed by atoms with van der Waals surface area (Å²) in [4.78, 5) is 14.1. The minimum Gasteiger partial charge on any atom is -0.324 e. The number of halogens is 1. The Morgan fingerprint density at radius 1 is 1.20 bits per heavy atom. The van der Waals surface area contributed by atoms with Gasteiger partial charge in [-0.05, 0) is 43.0 Å². The van der Waals surface area contributed by atoms with E-state index < -0.39 is 5.41 Å². The van der Waals surface area contributed by atoms with Gasteiger partial charge < -0.3 is 10.2 Å². The average Bonchev–Trinajstić information content (AvgIpc) is 2.65. The average molecular weight is 337 g/mol. The van der Waals surface area contributed by atoms with Crippen LogP contribution in [0.5, 0.6) is 0 Å². The van der Waals surface area contributed by atoms with E-state index in [2.05, 4.69) is 11.4 Å². The van der Waals surface area contributed by atoms with Gasteiger partial charge in [0.05, 0.1) is 11.5 Å². The SMILES string of the molecule is Cc1ccc(NC(=O)N2CCC(C#N)(c3ccccc3)CC2)cc1F. The molecule has 0 saturated carbocycles. The maximum atomic E-state index is 13.6. The van der Waals surface area contributed by atoms with Gasteiger partial charge in [-0.2, -0.15) is 5.26 Å². The largest absolute Gasteiger partial charge is 0.324 e. The van der Waals surface area contributed by atoms with Crippen molar-refractivity contribution in [2.75, 3.05) is 18.4 Å². The van der Waals surface area contributed by atoms with Crippen molar-refractivity contribution < 1.29 is 9.18 Å². The molecule has 0 bridgehead atoms. The number of nitrogens with zero attached hydrogens (tertiary/aromatic N) is 2. The van der Waals surface area contributed by atoms with Crippen molar-refractivity contribution in [3.8, 4) is 6.07 Å². The van der Waals surface area contributed by atoms with E-state index in [1.807, 2.05) is 30.3 Å². The minimum absolute atomic E-state index is 0.261. The second kappa shape index (κ2) is 6.94. The molecule has 5 heteroatoms. The first-order valence-corrected chi connectivity index (χ1v) is 8.33. The molecule has 1 fully saturated rings. The molecule has 0 aromatic heterocycles. The number of aryl methyl sites for hydroxylation is 1. The molecule has 4 nitrogen and oxygen atoms in total. The number of benzene rings is 2. The third kappa shape index (κ3) is 3.48. The molecule has 0 radical (unpaired) electrons.